The number of benzene rings is 2. The molecule has 1 atom stereocenters. The largest absolute Gasteiger partial charge is 0.548 e. The highest BCUT2D eigenvalue weighted by atomic mass is 35.5. The molecular weight excluding hydrogens is 368 g/mol. The van der Waals surface area contributed by atoms with Crippen molar-refractivity contribution in [3.8, 4) is 0 Å². The molecule has 0 radical (unpaired) electrons. The number of halogens is 1. The van der Waals surface area contributed by atoms with E-state index < -0.39 is 23.8 Å². The zero-order valence-corrected chi connectivity index (χ0v) is 15.5. The van der Waals surface area contributed by atoms with Gasteiger partial charge in [-0.3, -0.25) is 9.59 Å². The van der Waals surface area contributed by atoms with E-state index in [9.17, 15) is 19.5 Å². The molecule has 0 aliphatic carbocycles. The number of hydrogen-bond acceptors (Lipinski definition) is 4. The molecule has 0 heterocycles. The number of rotatable bonds is 6. The smallest absolute Gasteiger partial charge is 0.268 e. The quantitative estimate of drug-likeness (QED) is 0.739. The van der Waals surface area contributed by atoms with Crippen molar-refractivity contribution < 1.29 is 19.5 Å². The highest BCUT2D eigenvalue weighted by molar-refractivity contribution is 6.30. The van der Waals surface area contributed by atoms with Crippen LogP contribution in [-0.2, 0) is 9.59 Å². The summed E-state index contributed by atoms with van der Waals surface area (Å²) in [6.45, 7) is 3.16. The topological polar surface area (TPSA) is 98.3 Å². The number of hydrogen-bond donors (Lipinski definition) is 2. The van der Waals surface area contributed by atoms with Crippen molar-refractivity contribution >= 4 is 35.5 Å². The minimum absolute atomic E-state index is 0.101. The normalized spacial score (nSPS) is 12.2. The molecule has 27 heavy (non-hydrogen) atoms. The fourth-order valence-corrected chi connectivity index (χ4v) is 2.24. The van der Waals surface area contributed by atoms with Crippen molar-refractivity contribution in [2.75, 3.05) is 0 Å². The number of carboxylic acid groups (broad SMARTS) is 1. The molecule has 2 aromatic rings. The molecule has 0 aromatic heterocycles. The minimum atomic E-state index is -1.43. The maximum atomic E-state index is 12.5. The number of carbonyl (C=O) groups excluding carboxylic acids is 3. The van der Waals surface area contributed by atoms with Crippen LogP contribution in [0.3, 0.4) is 0 Å². The molecular formula is C20H18ClN2O4-. The molecule has 0 bridgehead atoms. The number of carbonyl (C=O) groups is 3. The first kappa shape index (κ1) is 20.2. The van der Waals surface area contributed by atoms with Gasteiger partial charge in [-0.25, -0.2) is 0 Å². The Kier molecular flexibility index (Phi) is 6.73. The van der Waals surface area contributed by atoms with Gasteiger partial charge in [-0.1, -0.05) is 41.4 Å². The van der Waals surface area contributed by atoms with Crippen LogP contribution in [0.2, 0.25) is 5.02 Å². The van der Waals surface area contributed by atoms with Gasteiger partial charge in [0.25, 0.3) is 11.8 Å². The lowest BCUT2D eigenvalue weighted by Gasteiger charge is -2.17. The first-order chi connectivity index (χ1) is 12.8. The van der Waals surface area contributed by atoms with Crippen LogP contribution >= 0.6 is 11.6 Å². The number of amides is 2. The van der Waals surface area contributed by atoms with Gasteiger partial charge >= 0.3 is 0 Å². The molecule has 0 unspecified atom stereocenters. The van der Waals surface area contributed by atoms with Crippen LogP contribution in [0.25, 0.3) is 6.08 Å². The molecule has 2 N–H and O–H groups in total. The van der Waals surface area contributed by atoms with Gasteiger partial charge in [-0.15, -0.1) is 0 Å². The standard InChI is InChI=1S/C20H19ClN2O4/c1-12-3-7-15(8-4-12)18(24)23-17(19(25)22-13(2)20(26)27)11-14-5-9-16(21)10-6-14/h3-11,13H,1-2H3,(H,22,25)(H,23,24)(H,26,27)/p-1/b17-11+/t13-/m0/s1. The minimum Gasteiger partial charge on any atom is -0.548 e. The predicted molar refractivity (Wildman–Crippen MR) is 101 cm³/mol. The summed E-state index contributed by atoms with van der Waals surface area (Å²) in [5.41, 5.74) is 1.86. The second-order valence-electron chi connectivity index (χ2n) is 5.94. The summed E-state index contributed by atoms with van der Waals surface area (Å²) < 4.78 is 0. The van der Waals surface area contributed by atoms with Crippen LogP contribution in [0.4, 0.5) is 0 Å². The number of aliphatic carboxylic acids is 1. The summed E-state index contributed by atoms with van der Waals surface area (Å²) in [4.78, 5) is 35.8. The molecule has 0 spiro atoms. The second-order valence-corrected chi connectivity index (χ2v) is 6.38. The lowest BCUT2D eigenvalue weighted by Crippen LogP contribution is -2.48. The molecule has 0 aliphatic rings. The Morgan fingerprint density at radius 3 is 2.19 bits per heavy atom. The number of nitrogens with one attached hydrogen (secondary N) is 2. The van der Waals surface area contributed by atoms with E-state index in [-0.39, 0.29) is 5.70 Å². The fraction of sp³-hybridized carbons (Fsp3) is 0.150. The van der Waals surface area contributed by atoms with Gasteiger partial charge in [0, 0.05) is 10.6 Å². The lowest BCUT2D eigenvalue weighted by molar-refractivity contribution is -0.307. The molecule has 140 valence electrons. The average Bonchev–Trinajstić information content (AvgIpc) is 2.63. The van der Waals surface area contributed by atoms with E-state index in [0.717, 1.165) is 5.56 Å². The number of carboxylic acids is 1. The summed E-state index contributed by atoms with van der Waals surface area (Å²) in [6, 6.07) is 12.2. The molecule has 0 aliphatic heterocycles. The third-order valence-electron chi connectivity index (χ3n) is 3.69. The first-order valence-corrected chi connectivity index (χ1v) is 8.51. The van der Waals surface area contributed by atoms with E-state index in [2.05, 4.69) is 10.6 Å². The van der Waals surface area contributed by atoms with Crippen molar-refractivity contribution in [1.82, 2.24) is 10.6 Å². The molecule has 2 rings (SSSR count). The Balaban J connectivity index is 2.29. The van der Waals surface area contributed by atoms with Crippen LogP contribution in [0.5, 0.6) is 0 Å². The Bertz CT molecular complexity index is 874. The molecule has 2 amide bonds. The first-order valence-electron chi connectivity index (χ1n) is 8.13. The SMILES string of the molecule is Cc1ccc(C(=O)N/C(=C/c2ccc(Cl)cc2)C(=O)N[C@@H](C)C(=O)[O-])cc1. The highest BCUT2D eigenvalue weighted by Gasteiger charge is 2.17. The Hall–Kier alpha value is -3.12. The van der Waals surface area contributed by atoms with E-state index >= 15 is 0 Å². The van der Waals surface area contributed by atoms with Crippen molar-refractivity contribution in [3.63, 3.8) is 0 Å². The van der Waals surface area contributed by atoms with E-state index in [1.807, 2.05) is 6.92 Å². The van der Waals surface area contributed by atoms with Gasteiger partial charge in [-0.05, 0) is 49.8 Å². The van der Waals surface area contributed by atoms with Gasteiger partial charge in [0.2, 0.25) is 0 Å². The van der Waals surface area contributed by atoms with Crippen LogP contribution in [0, 0.1) is 6.92 Å². The fourth-order valence-electron chi connectivity index (χ4n) is 2.12. The second kappa shape index (κ2) is 9.00. The highest BCUT2D eigenvalue weighted by Crippen LogP contribution is 2.13. The van der Waals surface area contributed by atoms with Gasteiger partial charge in [-0.2, -0.15) is 0 Å². The molecule has 0 saturated carbocycles. The molecule has 2 aromatic carbocycles. The molecule has 6 nitrogen and oxygen atoms in total. The van der Waals surface area contributed by atoms with Crippen LogP contribution < -0.4 is 15.7 Å². The van der Waals surface area contributed by atoms with Gasteiger partial charge < -0.3 is 20.5 Å². The summed E-state index contributed by atoms with van der Waals surface area (Å²) in [5.74, 6) is -2.67. The summed E-state index contributed by atoms with van der Waals surface area (Å²) in [6.07, 6.45) is 1.43. The summed E-state index contributed by atoms with van der Waals surface area (Å²) >= 11 is 5.85. The van der Waals surface area contributed by atoms with Gasteiger partial charge in [0.05, 0.1) is 12.0 Å². The maximum absolute atomic E-state index is 12.5. The van der Waals surface area contributed by atoms with Crippen LogP contribution in [0.1, 0.15) is 28.4 Å². The lowest BCUT2D eigenvalue weighted by atomic mass is 10.1. The predicted octanol–water partition coefficient (Wildman–Crippen LogP) is 1.67. The maximum Gasteiger partial charge on any atom is 0.268 e. The summed E-state index contributed by atoms with van der Waals surface area (Å²) in [5, 5.41) is 16.2. The van der Waals surface area contributed by atoms with Gasteiger partial charge in [0.1, 0.15) is 5.70 Å². The van der Waals surface area contributed by atoms with Crippen molar-refractivity contribution in [1.29, 1.82) is 0 Å². The third-order valence-corrected chi connectivity index (χ3v) is 3.94. The van der Waals surface area contributed by atoms with Crippen molar-refractivity contribution in [2.45, 2.75) is 19.9 Å². The van der Waals surface area contributed by atoms with Crippen LogP contribution in [0.15, 0.2) is 54.2 Å². The summed E-state index contributed by atoms with van der Waals surface area (Å²) in [7, 11) is 0. The zero-order valence-electron chi connectivity index (χ0n) is 14.8. The van der Waals surface area contributed by atoms with Crippen LogP contribution in [-0.4, -0.2) is 23.8 Å². The van der Waals surface area contributed by atoms with E-state index in [1.165, 1.54) is 13.0 Å². The van der Waals surface area contributed by atoms with Crippen molar-refractivity contribution in [2.24, 2.45) is 0 Å². The van der Waals surface area contributed by atoms with E-state index in [4.69, 9.17) is 11.6 Å². The Labute approximate surface area is 161 Å². The molecule has 7 heteroatoms. The zero-order chi connectivity index (χ0) is 20.0. The molecule has 0 fully saturated rings. The van der Waals surface area contributed by atoms with Gasteiger partial charge in [0.15, 0.2) is 0 Å². The monoisotopic (exact) mass is 385 g/mol. The van der Waals surface area contributed by atoms with E-state index in [1.54, 1.807) is 48.5 Å². The van der Waals surface area contributed by atoms with Crippen molar-refractivity contribution in [3.05, 3.63) is 75.9 Å². The Morgan fingerprint density at radius 1 is 1.04 bits per heavy atom. The van der Waals surface area contributed by atoms with E-state index in [0.29, 0.717) is 16.1 Å². The number of aryl methyl sites for hydroxylation is 1. The molecule has 0 saturated heterocycles. The Morgan fingerprint density at radius 2 is 1.63 bits per heavy atom. The third kappa shape index (κ3) is 5.97. The average molecular weight is 386 g/mol.